The number of rotatable bonds is 9. The highest BCUT2D eigenvalue weighted by molar-refractivity contribution is 6.79. The molecule has 118 valence electrons. The maximum absolute atomic E-state index is 10.6. The number of aryl methyl sites for hydroxylation is 1. The van der Waals surface area contributed by atoms with Crippen LogP contribution in [0.4, 0.5) is 0 Å². The van der Waals surface area contributed by atoms with E-state index in [0.29, 0.717) is 0 Å². The van der Waals surface area contributed by atoms with Crippen molar-refractivity contribution < 1.29 is 9.22 Å². The lowest BCUT2D eigenvalue weighted by molar-refractivity contribution is 0.112. The van der Waals surface area contributed by atoms with Crippen molar-refractivity contribution >= 4 is 22.7 Å². The highest BCUT2D eigenvalue weighted by Gasteiger charge is 2.25. The molecule has 0 aliphatic carbocycles. The van der Waals surface area contributed by atoms with Gasteiger partial charge in [0.25, 0.3) is 0 Å². The molecule has 0 spiro atoms. The van der Waals surface area contributed by atoms with Gasteiger partial charge in [-0.25, -0.2) is 0 Å². The van der Waals surface area contributed by atoms with Gasteiger partial charge in [0.1, 0.15) is 6.29 Å². The molecule has 0 saturated carbocycles. The van der Waals surface area contributed by atoms with E-state index in [2.05, 4.69) is 32.7 Å². The van der Waals surface area contributed by atoms with Crippen molar-refractivity contribution in [1.82, 2.24) is 0 Å². The van der Waals surface area contributed by atoms with Crippen LogP contribution in [0.25, 0.3) is 0 Å². The Labute approximate surface area is 132 Å². The quantitative estimate of drug-likeness (QED) is 0.363. The SMILES string of the molecule is C[Si](C)(C)CC[Si](C)(C)OCCCc1ccc(C=O)cc1. The van der Waals surface area contributed by atoms with E-state index in [4.69, 9.17) is 4.43 Å². The molecular formula is C17H30O2Si2. The topological polar surface area (TPSA) is 26.3 Å². The molecule has 1 aromatic rings. The Morgan fingerprint density at radius 1 is 1.00 bits per heavy atom. The lowest BCUT2D eigenvalue weighted by Gasteiger charge is -2.26. The van der Waals surface area contributed by atoms with E-state index in [-0.39, 0.29) is 0 Å². The molecule has 0 aromatic heterocycles. The Hall–Kier alpha value is -0.716. The summed E-state index contributed by atoms with van der Waals surface area (Å²) in [5, 5.41) is 0. The minimum atomic E-state index is -1.48. The molecule has 0 atom stereocenters. The largest absolute Gasteiger partial charge is 0.417 e. The van der Waals surface area contributed by atoms with Crippen molar-refractivity contribution in [2.45, 2.75) is 57.7 Å². The Morgan fingerprint density at radius 2 is 1.62 bits per heavy atom. The van der Waals surface area contributed by atoms with E-state index in [1.54, 1.807) is 0 Å². The van der Waals surface area contributed by atoms with Gasteiger partial charge in [-0.2, -0.15) is 0 Å². The molecule has 0 N–H and O–H groups in total. The van der Waals surface area contributed by atoms with Crippen LogP contribution in [-0.4, -0.2) is 29.3 Å². The second kappa shape index (κ2) is 8.06. The number of carbonyl (C=O) groups excluding carboxylic acids is 1. The van der Waals surface area contributed by atoms with Gasteiger partial charge in [-0.05, 0) is 37.5 Å². The predicted octanol–water partition coefficient (Wildman–Crippen LogP) is 4.99. The average molecular weight is 323 g/mol. The first kappa shape index (κ1) is 18.3. The van der Waals surface area contributed by atoms with E-state index in [9.17, 15) is 4.79 Å². The molecule has 0 radical (unpaired) electrons. The van der Waals surface area contributed by atoms with E-state index < -0.39 is 16.4 Å². The summed E-state index contributed by atoms with van der Waals surface area (Å²) < 4.78 is 6.20. The number of benzene rings is 1. The molecule has 21 heavy (non-hydrogen) atoms. The fourth-order valence-electron chi connectivity index (χ4n) is 2.14. The molecule has 1 rings (SSSR count). The van der Waals surface area contributed by atoms with Crippen LogP contribution in [0, 0.1) is 0 Å². The first-order valence-electron chi connectivity index (χ1n) is 7.90. The smallest absolute Gasteiger partial charge is 0.186 e. The van der Waals surface area contributed by atoms with Crippen LogP contribution >= 0.6 is 0 Å². The number of aldehydes is 1. The summed E-state index contributed by atoms with van der Waals surface area (Å²) in [6, 6.07) is 10.5. The van der Waals surface area contributed by atoms with E-state index in [1.165, 1.54) is 17.7 Å². The van der Waals surface area contributed by atoms with Gasteiger partial charge in [0.15, 0.2) is 8.32 Å². The highest BCUT2D eigenvalue weighted by Crippen LogP contribution is 2.21. The molecule has 0 fully saturated rings. The minimum absolute atomic E-state index is 0.745. The molecule has 0 amide bonds. The number of carbonyl (C=O) groups is 1. The molecule has 0 saturated heterocycles. The summed E-state index contributed by atoms with van der Waals surface area (Å²) in [5.41, 5.74) is 2.03. The summed E-state index contributed by atoms with van der Waals surface area (Å²) in [6.45, 7) is 12.8. The lowest BCUT2D eigenvalue weighted by Crippen LogP contribution is -2.34. The summed E-state index contributed by atoms with van der Waals surface area (Å²) in [5.74, 6) is 0. The molecule has 0 heterocycles. The van der Waals surface area contributed by atoms with E-state index >= 15 is 0 Å². The molecule has 4 heteroatoms. The van der Waals surface area contributed by atoms with Gasteiger partial charge in [-0.1, -0.05) is 50.0 Å². The fraction of sp³-hybridized carbons (Fsp3) is 0.588. The van der Waals surface area contributed by atoms with Crippen LogP contribution < -0.4 is 0 Å². The third kappa shape index (κ3) is 8.34. The Kier molecular flexibility index (Phi) is 7.04. The van der Waals surface area contributed by atoms with Crippen molar-refractivity contribution in [3.8, 4) is 0 Å². The van der Waals surface area contributed by atoms with Gasteiger partial charge in [0.2, 0.25) is 0 Å². The normalized spacial score (nSPS) is 12.4. The number of hydrogen-bond donors (Lipinski definition) is 0. The molecular weight excluding hydrogens is 292 g/mol. The summed E-state index contributed by atoms with van der Waals surface area (Å²) in [6.07, 6.45) is 2.97. The van der Waals surface area contributed by atoms with Crippen molar-refractivity contribution in [3.05, 3.63) is 35.4 Å². The Balaban J connectivity index is 2.27. The zero-order chi connectivity index (χ0) is 15.9. The average Bonchev–Trinajstić information content (AvgIpc) is 2.42. The molecule has 0 aliphatic rings. The second-order valence-corrected chi connectivity index (χ2v) is 17.6. The van der Waals surface area contributed by atoms with Crippen LogP contribution in [0.5, 0.6) is 0 Å². The zero-order valence-corrected chi connectivity index (χ0v) is 16.2. The fourth-order valence-corrected chi connectivity index (χ4v) is 8.39. The van der Waals surface area contributed by atoms with Gasteiger partial charge in [0.05, 0.1) is 0 Å². The van der Waals surface area contributed by atoms with E-state index in [1.807, 2.05) is 24.3 Å². The van der Waals surface area contributed by atoms with Gasteiger partial charge < -0.3 is 4.43 Å². The lowest BCUT2D eigenvalue weighted by atomic mass is 10.1. The van der Waals surface area contributed by atoms with Crippen molar-refractivity contribution in [2.75, 3.05) is 6.61 Å². The van der Waals surface area contributed by atoms with Gasteiger partial charge >= 0.3 is 0 Å². The van der Waals surface area contributed by atoms with Crippen LogP contribution in [0.2, 0.25) is 44.8 Å². The molecule has 1 aromatic carbocycles. The van der Waals surface area contributed by atoms with Gasteiger partial charge in [0, 0.05) is 20.2 Å². The predicted molar refractivity (Wildman–Crippen MR) is 96.5 cm³/mol. The number of hydrogen-bond acceptors (Lipinski definition) is 2. The van der Waals surface area contributed by atoms with E-state index in [0.717, 1.165) is 31.3 Å². The maximum atomic E-state index is 10.6. The standard InChI is InChI=1S/C17H30O2Si2/c1-20(2,3)13-14-21(4,5)19-12-6-7-16-8-10-17(15-18)11-9-16/h8-11,15H,6-7,12-14H2,1-5H3. The second-order valence-electron chi connectivity index (χ2n) is 7.63. The van der Waals surface area contributed by atoms with Gasteiger partial charge in [-0.15, -0.1) is 0 Å². The first-order valence-corrected chi connectivity index (χ1v) is 14.7. The summed E-state index contributed by atoms with van der Waals surface area (Å²) in [7, 11) is -2.43. The minimum Gasteiger partial charge on any atom is -0.417 e. The summed E-state index contributed by atoms with van der Waals surface area (Å²) in [4.78, 5) is 10.6. The van der Waals surface area contributed by atoms with Crippen molar-refractivity contribution in [3.63, 3.8) is 0 Å². The molecule has 0 unspecified atom stereocenters. The highest BCUT2D eigenvalue weighted by atomic mass is 28.4. The van der Waals surface area contributed by atoms with Crippen molar-refractivity contribution in [1.29, 1.82) is 0 Å². The molecule has 0 aliphatic heterocycles. The van der Waals surface area contributed by atoms with Crippen LogP contribution in [0.15, 0.2) is 24.3 Å². The molecule has 0 bridgehead atoms. The van der Waals surface area contributed by atoms with Crippen molar-refractivity contribution in [2.24, 2.45) is 0 Å². The monoisotopic (exact) mass is 322 g/mol. The third-order valence-electron chi connectivity index (χ3n) is 3.70. The maximum Gasteiger partial charge on any atom is 0.186 e. The van der Waals surface area contributed by atoms with Crippen LogP contribution in [-0.2, 0) is 10.8 Å². The Bertz CT molecular complexity index is 433. The third-order valence-corrected chi connectivity index (χ3v) is 8.39. The van der Waals surface area contributed by atoms with Crippen LogP contribution in [0.3, 0.4) is 0 Å². The zero-order valence-electron chi connectivity index (χ0n) is 14.2. The molecule has 2 nitrogen and oxygen atoms in total. The van der Waals surface area contributed by atoms with Gasteiger partial charge in [-0.3, -0.25) is 4.79 Å². The summed E-state index contributed by atoms with van der Waals surface area (Å²) >= 11 is 0. The first-order chi connectivity index (χ1) is 9.72. The van der Waals surface area contributed by atoms with Crippen LogP contribution in [0.1, 0.15) is 22.3 Å². The Morgan fingerprint density at radius 3 is 2.14 bits per heavy atom.